The number of carbonyl (C=O) groups is 1. The number of aldehydes is 1. The van der Waals surface area contributed by atoms with Crippen LogP contribution in [0.4, 0.5) is 4.39 Å². The van der Waals surface area contributed by atoms with Gasteiger partial charge in [-0.25, -0.2) is 4.39 Å². The second-order valence-electron chi connectivity index (χ2n) is 10.8. The van der Waals surface area contributed by atoms with Gasteiger partial charge >= 0.3 is 0 Å². The van der Waals surface area contributed by atoms with Crippen molar-refractivity contribution in [3.63, 3.8) is 0 Å². The molecule has 4 heteroatoms. The molecule has 1 aliphatic carbocycles. The van der Waals surface area contributed by atoms with Crippen molar-refractivity contribution in [2.75, 3.05) is 6.61 Å². The maximum atomic E-state index is 14.8. The Morgan fingerprint density at radius 3 is 2.00 bits per heavy atom. The van der Waals surface area contributed by atoms with E-state index in [2.05, 4.69) is 37.8 Å². The molecule has 0 bridgehead atoms. The van der Waals surface area contributed by atoms with E-state index in [0.717, 1.165) is 34.9 Å². The number of halogens is 1. The van der Waals surface area contributed by atoms with E-state index in [9.17, 15) is 14.3 Å². The zero-order valence-electron chi connectivity index (χ0n) is 23.2. The summed E-state index contributed by atoms with van der Waals surface area (Å²) >= 11 is 0. The van der Waals surface area contributed by atoms with Gasteiger partial charge in [-0.1, -0.05) is 113 Å². The summed E-state index contributed by atoms with van der Waals surface area (Å²) in [5, 5.41) is 17.5. The van der Waals surface area contributed by atoms with Gasteiger partial charge in [-0.3, -0.25) is 4.79 Å². The molecule has 2 N–H and O–H groups in total. The minimum Gasteiger partial charge on any atom is -0.508 e. The Morgan fingerprint density at radius 2 is 1.46 bits per heavy atom. The van der Waals surface area contributed by atoms with E-state index >= 15 is 0 Å². The lowest BCUT2D eigenvalue weighted by Gasteiger charge is -2.28. The first-order chi connectivity index (χ1) is 18.9. The minimum atomic E-state index is -0.243. The molecule has 3 aromatic rings. The van der Waals surface area contributed by atoms with Crippen LogP contribution >= 0.6 is 0 Å². The van der Waals surface area contributed by atoms with Gasteiger partial charge in [-0.2, -0.15) is 0 Å². The molecule has 0 aliphatic heterocycles. The Kier molecular flexibility index (Phi) is 12.4. The van der Waals surface area contributed by atoms with Crippen molar-refractivity contribution in [3.05, 3.63) is 90.3 Å². The zero-order valence-corrected chi connectivity index (χ0v) is 23.2. The van der Waals surface area contributed by atoms with E-state index < -0.39 is 0 Å². The summed E-state index contributed by atoms with van der Waals surface area (Å²) in [6.45, 7) is 5.23. The SMILES string of the molecule is C=C(C=O)CO.CCCCCC1CCC(CCc2ccc(-c3ccc(-c4ccc(O)cc4)c(F)c3)cc2)CC1. The second kappa shape index (κ2) is 16.0. The summed E-state index contributed by atoms with van der Waals surface area (Å²) in [6, 6.07) is 20.7. The fourth-order valence-corrected chi connectivity index (χ4v) is 5.33. The summed E-state index contributed by atoms with van der Waals surface area (Å²) in [4.78, 5) is 9.48. The topological polar surface area (TPSA) is 57.5 Å². The molecule has 0 radical (unpaired) electrons. The third-order valence-corrected chi connectivity index (χ3v) is 7.83. The summed E-state index contributed by atoms with van der Waals surface area (Å²) in [6.07, 6.45) is 14.2. The smallest absolute Gasteiger partial charge is 0.147 e. The second-order valence-corrected chi connectivity index (χ2v) is 10.8. The quantitative estimate of drug-likeness (QED) is 0.148. The number of aryl methyl sites for hydroxylation is 1. The van der Waals surface area contributed by atoms with Gasteiger partial charge in [0.2, 0.25) is 0 Å². The van der Waals surface area contributed by atoms with Crippen LogP contribution in [0.5, 0.6) is 5.75 Å². The van der Waals surface area contributed by atoms with Crippen molar-refractivity contribution in [2.45, 2.75) is 71.1 Å². The van der Waals surface area contributed by atoms with Gasteiger partial charge in [0, 0.05) is 11.1 Å². The number of aliphatic hydroxyl groups is 1. The highest BCUT2D eigenvalue weighted by Crippen LogP contribution is 2.34. The molecule has 0 unspecified atom stereocenters. The molecule has 0 heterocycles. The maximum Gasteiger partial charge on any atom is 0.147 e. The summed E-state index contributed by atoms with van der Waals surface area (Å²) < 4.78 is 14.8. The molecular weight excluding hydrogens is 487 g/mol. The van der Waals surface area contributed by atoms with Crippen molar-refractivity contribution < 1.29 is 19.4 Å². The maximum absolute atomic E-state index is 14.8. The molecule has 1 saturated carbocycles. The van der Waals surface area contributed by atoms with Gasteiger partial charge in [0.1, 0.15) is 17.9 Å². The van der Waals surface area contributed by atoms with Crippen molar-refractivity contribution in [1.29, 1.82) is 0 Å². The molecule has 1 aliphatic rings. The fraction of sp³-hybridized carbons (Fsp3) is 0.400. The van der Waals surface area contributed by atoms with Gasteiger partial charge in [0.15, 0.2) is 0 Å². The van der Waals surface area contributed by atoms with Crippen LogP contribution in [0, 0.1) is 17.7 Å². The number of phenols is 1. The van der Waals surface area contributed by atoms with E-state index in [1.165, 1.54) is 63.4 Å². The number of hydrogen-bond donors (Lipinski definition) is 2. The average molecular weight is 531 g/mol. The number of rotatable bonds is 11. The number of hydrogen-bond acceptors (Lipinski definition) is 3. The van der Waals surface area contributed by atoms with Crippen LogP contribution in [0.3, 0.4) is 0 Å². The summed E-state index contributed by atoms with van der Waals surface area (Å²) in [5.41, 5.74) is 4.85. The number of benzene rings is 3. The normalized spacial score (nSPS) is 16.7. The number of unbranched alkanes of at least 4 members (excludes halogenated alkanes) is 2. The summed E-state index contributed by atoms with van der Waals surface area (Å²) in [7, 11) is 0. The van der Waals surface area contributed by atoms with Gasteiger partial charge in [-0.05, 0) is 65.1 Å². The molecule has 0 amide bonds. The average Bonchev–Trinajstić information content (AvgIpc) is 2.97. The molecule has 0 aromatic heterocycles. The van der Waals surface area contributed by atoms with Crippen LogP contribution in [-0.2, 0) is 11.2 Å². The molecule has 3 nitrogen and oxygen atoms in total. The van der Waals surface area contributed by atoms with E-state index in [0.29, 0.717) is 11.8 Å². The highest BCUT2D eigenvalue weighted by Gasteiger charge is 2.20. The lowest BCUT2D eigenvalue weighted by molar-refractivity contribution is -0.105. The largest absolute Gasteiger partial charge is 0.508 e. The number of phenolic OH excluding ortho intramolecular Hbond substituents is 1. The van der Waals surface area contributed by atoms with E-state index in [1.54, 1.807) is 30.3 Å². The lowest BCUT2D eigenvalue weighted by Crippen LogP contribution is -2.15. The van der Waals surface area contributed by atoms with Gasteiger partial charge in [0.05, 0.1) is 6.61 Å². The fourth-order valence-electron chi connectivity index (χ4n) is 5.33. The molecular formula is C35H43FO3. The molecule has 0 atom stereocenters. The van der Waals surface area contributed by atoms with Crippen LogP contribution < -0.4 is 0 Å². The first kappa shape index (κ1) is 30.3. The molecule has 0 spiro atoms. The summed E-state index contributed by atoms with van der Waals surface area (Å²) in [5.74, 6) is 1.81. The van der Waals surface area contributed by atoms with Crippen LogP contribution in [0.1, 0.15) is 70.3 Å². The molecule has 4 rings (SSSR count). The Labute approximate surface area is 233 Å². The molecule has 3 aromatic carbocycles. The Bertz CT molecular complexity index is 1160. The zero-order chi connectivity index (χ0) is 28.0. The van der Waals surface area contributed by atoms with E-state index in [1.807, 2.05) is 12.1 Å². The van der Waals surface area contributed by atoms with Gasteiger partial charge < -0.3 is 10.2 Å². The Balaban J connectivity index is 0.000000631. The Hall–Kier alpha value is -3.24. The number of carbonyl (C=O) groups excluding carboxylic acids is 1. The number of aromatic hydroxyl groups is 1. The number of aliphatic hydroxyl groups excluding tert-OH is 1. The third-order valence-electron chi connectivity index (χ3n) is 7.83. The van der Waals surface area contributed by atoms with Crippen molar-refractivity contribution >= 4 is 6.29 Å². The highest BCUT2D eigenvalue weighted by atomic mass is 19.1. The van der Waals surface area contributed by atoms with Crippen molar-refractivity contribution in [3.8, 4) is 28.0 Å². The Morgan fingerprint density at radius 1 is 0.872 bits per heavy atom. The van der Waals surface area contributed by atoms with E-state index in [-0.39, 0.29) is 23.7 Å². The van der Waals surface area contributed by atoms with Crippen LogP contribution in [0.25, 0.3) is 22.3 Å². The predicted octanol–water partition coefficient (Wildman–Crippen LogP) is 8.92. The van der Waals surface area contributed by atoms with E-state index in [4.69, 9.17) is 5.11 Å². The first-order valence-electron chi connectivity index (χ1n) is 14.4. The van der Waals surface area contributed by atoms with Gasteiger partial charge in [-0.15, -0.1) is 0 Å². The lowest BCUT2D eigenvalue weighted by atomic mass is 9.78. The predicted molar refractivity (Wildman–Crippen MR) is 159 cm³/mol. The molecule has 39 heavy (non-hydrogen) atoms. The molecule has 0 saturated heterocycles. The first-order valence-corrected chi connectivity index (χ1v) is 14.4. The standard InChI is InChI=1S/C31H37FO.C4H6O2/c1-2-3-4-5-23-6-8-24(9-7-23)10-11-25-12-14-26(15-13-25)28-18-21-30(31(32)22-28)27-16-19-29(33)20-17-27;1-4(2-5)3-6/h12-24,33H,2-11H2,1H3;2,6H,1,3H2. The third kappa shape index (κ3) is 9.78. The molecule has 1 fully saturated rings. The monoisotopic (exact) mass is 530 g/mol. The van der Waals surface area contributed by atoms with Crippen molar-refractivity contribution in [1.82, 2.24) is 0 Å². The van der Waals surface area contributed by atoms with Crippen molar-refractivity contribution in [2.24, 2.45) is 11.8 Å². The van der Waals surface area contributed by atoms with Crippen LogP contribution in [0.2, 0.25) is 0 Å². The van der Waals surface area contributed by atoms with Crippen LogP contribution in [-0.4, -0.2) is 23.1 Å². The van der Waals surface area contributed by atoms with Crippen LogP contribution in [0.15, 0.2) is 78.9 Å². The minimum absolute atomic E-state index is 0.186. The van der Waals surface area contributed by atoms with Gasteiger partial charge in [0.25, 0.3) is 0 Å². The molecule has 208 valence electrons. The highest BCUT2D eigenvalue weighted by molar-refractivity contribution is 5.72.